The first-order chi connectivity index (χ1) is 11.6. The zero-order chi connectivity index (χ0) is 17.1. The maximum Gasteiger partial charge on any atom is 0.255 e. The van der Waals surface area contributed by atoms with Gasteiger partial charge in [-0.2, -0.15) is 5.10 Å². The van der Waals surface area contributed by atoms with Crippen molar-refractivity contribution in [2.75, 3.05) is 0 Å². The molecule has 1 heterocycles. The van der Waals surface area contributed by atoms with E-state index in [0.29, 0.717) is 22.2 Å². The Hall–Kier alpha value is -2.30. The van der Waals surface area contributed by atoms with E-state index < -0.39 is 0 Å². The summed E-state index contributed by atoms with van der Waals surface area (Å²) in [5.41, 5.74) is 3.12. The first kappa shape index (κ1) is 16.6. The third-order valence-corrected chi connectivity index (χ3v) is 4.43. The number of para-hydroxylation sites is 1. The number of hydrogen-bond donors (Lipinski definition) is 1. The van der Waals surface area contributed by atoms with Crippen LogP contribution in [0.15, 0.2) is 54.7 Å². The monoisotopic (exact) mass is 359 g/mol. The van der Waals surface area contributed by atoms with Crippen LogP contribution in [0.5, 0.6) is 0 Å². The molecule has 0 spiro atoms. The van der Waals surface area contributed by atoms with Crippen molar-refractivity contribution in [1.82, 2.24) is 15.1 Å². The zero-order valence-electron chi connectivity index (χ0n) is 13.0. The predicted molar refractivity (Wildman–Crippen MR) is 95.9 cm³/mol. The second-order valence-electron chi connectivity index (χ2n) is 5.32. The Kier molecular flexibility index (Phi) is 4.88. The Labute approximate surface area is 150 Å². The number of rotatable bonds is 4. The number of nitrogens with one attached hydrogen (secondary N) is 1. The lowest BCUT2D eigenvalue weighted by Gasteiger charge is -2.07. The lowest BCUT2D eigenvalue weighted by atomic mass is 10.2. The average molecular weight is 360 g/mol. The lowest BCUT2D eigenvalue weighted by molar-refractivity contribution is 0.0950. The van der Waals surface area contributed by atoms with Crippen LogP contribution in [0.4, 0.5) is 0 Å². The van der Waals surface area contributed by atoms with Gasteiger partial charge in [0.05, 0.1) is 33.2 Å². The van der Waals surface area contributed by atoms with Crippen LogP contribution in [0.1, 0.15) is 21.6 Å². The normalized spacial score (nSPS) is 10.6. The van der Waals surface area contributed by atoms with Crippen molar-refractivity contribution < 1.29 is 4.79 Å². The van der Waals surface area contributed by atoms with Crippen molar-refractivity contribution in [3.8, 4) is 5.69 Å². The second kappa shape index (κ2) is 7.07. The van der Waals surface area contributed by atoms with Crippen molar-refractivity contribution in [3.63, 3.8) is 0 Å². The van der Waals surface area contributed by atoms with Gasteiger partial charge in [0.2, 0.25) is 0 Å². The highest BCUT2D eigenvalue weighted by atomic mass is 35.5. The molecule has 0 aliphatic rings. The minimum absolute atomic E-state index is 0.180. The first-order valence-corrected chi connectivity index (χ1v) is 8.14. The maximum atomic E-state index is 12.4. The van der Waals surface area contributed by atoms with Crippen LogP contribution in [0.25, 0.3) is 5.69 Å². The van der Waals surface area contributed by atoms with E-state index in [9.17, 15) is 4.79 Å². The van der Waals surface area contributed by atoms with Gasteiger partial charge in [-0.1, -0.05) is 47.5 Å². The van der Waals surface area contributed by atoms with E-state index in [1.54, 1.807) is 23.0 Å². The van der Waals surface area contributed by atoms with Crippen molar-refractivity contribution in [2.45, 2.75) is 13.5 Å². The van der Waals surface area contributed by atoms with Crippen LogP contribution in [0.3, 0.4) is 0 Å². The van der Waals surface area contributed by atoms with Crippen LogP contribution < -0.4 is 5.32 Å². The van der Waals surface area contributed by atoms with E-state index in [2.05, 4.69) is 10.4 Å². The Balaban J connectivity index is 1.74. The van der Waals surface area contributed by atoms with E-state index in [-0.39, 0.29) is 5.91 Å². The third-order valence-electron chi connectivity index (χ3n) is 3.69. The van der Waals surface area contributed by atoms with E-state index in [1.807, 2.05) is 43.3 Å². The Morgan fingerprint density at radius 2 is 1.88 bits per heavy atom. The van der Waals surface area contributed by atoms with Crippen LogP contribution in [-0.4, -0.2) is 15.7 Å². The molecule has 4 nitrogen and oxygen atoms in total. The summed E-state index contributed by atoms with van der Waals surface area (Å²) in [7, 11) is 0. The molecule has 122 valence electrons. The van der Waals surface area contributed by atoms with Crippen molar-refractivity contribution >= 4 is 29.1 Å². The second-order valence-corrected chi connectivity index (χ2v) is 6.14. The number of aromatic nitrogens is 2. The fourth-order valence-corrected chi connectivity index (χ4v) is 2.71. The molecule has 24 heavy (non-hydrogen) atoms. The molecule has 0 saturated heterocycles. The summed E-state index contributed by atoms with van der Waals surface area (Å²) < 4.78 is 1.74. The van der Waals surface area contributed by atoms with Gasteiger partial charge in [0.1, 0.15) is 0 Å². The SMILES string of the molecule is Cc1c(C(=O)NCc2ccc(Cl)c(Cl)c2)cnn1-c1ccccc1. The number of benzene rings is 2. The molecule has 0 atom stereocenters. The largest absolute Gasteiger partial charge is 0.348 e. The minimum Gasteiger partial charge on any atom is -0.348 e. The van der Waals surface area contributed by atoms with Gasteiger partial charge >= 0.3 is 0 Å². The third kappa shape index (κ3) is 3.45. The Morgan fingerprint density at radius 3 is 2.58 bits per heavy atom. The molecule has 3 rings (SSSR count). The minimum atomic E-state index is -0.180. The van der Waals surface area contributed by atoms with E-state index >= 15 is 0 Å². The molecule has 0 fully saturated rings. The number of carbonyl (C=O) groups excluding carboxylic acids is 1. The van der Waals surface area contributed by atoms with Crippen LogP contribution in [0.2, 0.25) is 10.0 Å². The van der Waals surface area contributed by atoms with Gasteiger partial charge < -0.3 is 5.32 Å². The number of carbonyl (C=O) groups is 1. The molecule has 1 amide bonds. The van der Waals surface area contributed by atoms with Crippen molar-refractivity contribution in [3.05, 3.63) is 81.6 Å². The summed E-state index contributed by atoms with van der Waals surface area (Å²) in [6.45, 7) is 2.24. The van der Waals surface area contributed by atoms with E-state index in [4.69, 9.17) is 23.2 Å². The highest BCUT2D eigenvalue weighted by molar-refractivity contribution is 6.42. The van der Waals surface area contributed by atoms with Gasteiger partial charge in [-0.15, -0.1) is 0 Å². The van der Waals surface area contributed by atoms with Crippen LogP contribution >= 0.6 is 23.2 Å². The standard InChI is InChI=1S/C18H15Cl2N3O/c1-12-15(11-22-23(12)14-5-3-2-4-6-14)18(24)21-10-13-7-8-16(19)17(20)9-13/h2-9,11H,10H2,1H3,(H,21,24). The number of nitrogens with zero attached hydrogens (tertiary/aromatic N) is 2. The first-order valence-electron chi connectivity index (χ1n) is 7.38. The predicted octanol–water partition coefficient (Wildman–Crippen LogP) is 4.42. The van der Waals surface area contributed by atoms with Gasteiger partial charge in [0, 0.05) is 6.54 Å². The molecular formula is C18H15Cl2N3O. The van der Waals surface area contributed by atoms with Gasteiger partial charge in [-0.25, -0.2) is 4.68 Å². The summed E-state index contributed by atoms with van der Waals surface area (Å²) in [6, 6.07) is 15.0. The molecule has 0 radical (unpaired) electrons. The molecular weight excluding hydrogens is 345 g/mol. The molecule has 0 aliphatic carbocycles. The maximum absolute atomic E-state index is 12.4. The van der Waals surface area contributed by atoms with Gasteiger partial charge in [0.25, 0.3) is 5.91 Å². The molecule has 1 N–H and O–H groups in total. The highest BCUT2D eigenvalue weighted by Crippen LogP contribution is 2.22. The quantitative estimate of drug-likeness (QED) is 0.749. The topological polar surface area (TPSA) is 46.9 Å². The van der Waals surface area contributed by atoms with Crippen LogP contribution in [-0.2, 0) is 6.54 Å². The molecule has 6 heteroatoms. The number of amides is 1. The molecule has 0 saturated carbocycles. The molecule has 0 bridgehead atoms. The average Bonchev–Trinajstić information content (AvgIpc) is 2.98. The Morgan fingerprint density at radius 1 is 1.12 bits per heavy atom. The smallest absolute Gasteiger partial charge is 0.255 e. The van der Waals surface area contributed by atoms with Crippen LogP contribution in [0, 0.1) is 6.92 Å². The molecule has 0 aliphatic heterocycles. The fraction of sp³-hybridized carbons (Fsp3) is 0.111. The summed E-state index contributed by atoms with van der Waals surface area (Å²) >= 11 is 11.9. The lowest BCUT2D eigenvalue weighted by Crippen LogP contribution is -2.23. The highest BCUT2D eigenvalue weighted by Gasteiger charge is 2.15. The molecule has 3 aromatic rings. The molecule has 1 aromatic heterocycles. The summed E-state index contributed by atoms with van der Waals surface area (Å²) in [6.07, 6.45) is 1.58. The zero-order valence-corrected chi connectivity index (χ0v) is 14.5. The number of halogens is 2. The van der Waals surface area contributed by atoms with E-state index in [0.717, 1.165) is 16.9 Å². The number of hydrogen-bond acceptors (Lipinski definition) is 2. The van der Waals surface area contributed by atoms with Gasteiger partial charge in [0.15, 0.2) is 0 Å². The molecule has 2 aromatic carbocycles. The fourth-order valence-electron chi connectivity index (χ4n) is 2.39. The van der Waals surface area contributed by atoms with Gasteiger partial charge in [-0.3, -0.25) is 4.79 Å². The van der Waals surface area contributed by atoms with Gasteiger partial charge in [-0.05, 0) is 36.8 Å². The molecule has 0 unspecified atom stereocenters. The summed E-state index contributed by atoms with van der Waals surface area (Å²) in [5.74, 6) is -0.180. The summed E-state index contributed by atoms with van der Waals surface area (Å²) in [5, 5.41) is 8.14. The summed E-state index contributed by atoms with van der Waals surface area (Å²) in [4.78, 5) is 12.4. The van der Waals surface area contributed by atoms with Crippen molar-refractivity contribution in [1.29, 1.82) is 0 Å². The Bertz CT molecular complexity index is 875. The van der Waals surface area contributed by atoms with Crippen molar-refractivity contribution in [2.24, 2.45) is 0 Å². The van der Waals surface area contributed by atoms with E-state index in [1.165, 1.54) is 0 Å².